The Balaban J connectivity index is 1.23. The maximum atomic E-state index is 12.8. The Bertz CT molecular complexity index is 846. The molecule has 0 saturated carbocycles. The number of amides is 1. The highest BCUT2D eigenvalue weighted by Crippen LogP contribution is 2.19. The fraction of sp³-hybridized carbons (Fsp3) is 0.500. The van der Waals surface area contributed by atoms with Crippen LogP contribution in [0.5, 0.6) is 0 Å². The third-order valence-electron chi connectivity index (χ3n) is 6.36. The van der Waals surface area contributed by atoms with Crippen LogP contribution in [0.2, 0.25) is 0 Å². The maximum Gasteiger partial charge on any atom is 0.224 e. The van der Waals surface area contributed by atoms with Crippen LogP contribution in [-0.4, -0.2) is 55.1 Å². The molecule has 0 aliphatic carbocycles. The molecule has 166 valence electrons. The quantitative estimate of drug-likeness (QED) is 0.745. The molecule has 5 nitrogen and oxygen atoms in total. The van der Waals surface area contributed by atoms with Gasteiger partial charge in [-0.2, -0.15) is 0 Å². The van der Waals surface area contributed by atoms with Crippen LogP contribution in [0.15, 0.2) is 48.5 Å². The summed E-state index contributed by atoms with van der Waals surface area (Å²) in [7, 11) is 0. The maximum absolute atomic E-state index is 12.8. The van der Waals surface area contributed by atoms with E-state index in [9.17, 15) is 4.79 Å². The first-order valence-corrected chi connectivity index (χ1v) is 11.6. The molecule has 2 heterocycles. The van der Waals surface area contributed by atoms with Crippen molar-refractivity contribution >= 4 is 5.91 Å². The van der Waals surface area contributed by atoms with E-state index in [0.29, 0.717) is 6.54 Å². The Morgan fingerprint density at radius 2 is 1.71 bits per heavy atom. The summed E-state index contributed by atoms with van der Waals surface area (Å²) in [5.41, 5.74) is 5.10. The van der Waals surface area contributed by atoms with Crippen molar-refractivity contribution in [2.75, 3.05) is 39.4 Å². The van der Waals surface area contributed by atoms with Crippen LogP contribution in [0.1, 0.15) is 35.1 Å². The summed E-state index contributed by atoms with van der Waals surface area (Å²) in [6, 6.07) is 17.3. The number of nitrogens with zero attached hydrogens (tertiary/aromatic N) is 2. The topological polar surface area (TPSA) is 44.8 Å². The molecule has 2 aliphatic heterocycles. The zero-order valence-electron chi connectivity index (χ0n) is 18.7. The summed E-state index contributed by atoms with van der Waals surface area (Å²) in [5, 5.41) is 3.17. The highest BCUT2D eigenvalue weighted by atomic mass is 16.5. The second-order valence-corrected chi connectivity index (χ2v) is 8.99. The van der Waals surface area contributed by atoms with Crippen LogP contribution in [0.4, 0.5) is 0 Å². The summed E-state index contributed by atoms with van der Waals surface area (Å²) in [4.78, 5) is 17.6. The molecule has 5 heteroatoms. The van der Waals surface area contributed by atoms with E-state index in [0.717, 1.165) is 70.9 Å². The number of morpholine rings is 1. The first-order chi connectivity index (χ1) is 15.2. The van der Waals surface area contributed by atoms with E-state index in [1.807, 2.05) is 0 Å². The van der Waals surface area contributed by atoms with Crippen LogP contribution in [0.25, 0.3) is 0 Å². The van der Waals surface area contributed by atoms with Gasteiger partial charge in [-0.3, -0.25) is 14.6 Å². The van der Waals surface area contributed by atoms with Gasteiger partial charge in [0, 0.05) is 39.3 Å². The van der Waals surface area contributed by atoms with Crippen LogP contribution >= 0.6 is 0 Å². The third-order valence-corrected chi connectivity index (χ3v) is 6.36. The smallest absolute Gasteiger partial charge is 0.224 e. The molecule has 1 amide bonds. The van der Waals surface area contributed by atoms with E-state index in [2.05, 4.69) is 70.6 Å². The number of nitrogens with one attached hydrogen (secondary N) is 1. The SMILES string of the molecule is Cc1cccc(CN2CCCC(C(=O)NCc3ccc(CN4CCOCC4)cc3)C2)c1. The number of likely N-dealkylation sites (tertiary alicyclic amines) is 1. The van der Waals surface area contributed by atoms with Crippen molar-refractivity contribution < 1.29 is 9.53 Å². The van der Waals surface area contributed by atoms with Crippen LogP contribution in [0, 0.1) is 12.8 Å². The number of carbonyl (C=O) groups is 1. The van der Waals surface area contributed by atoms with Crippen molar-refractivity contribution in [2.24, 2.45) is 5.92 Å². The summed E-state index contributed by atoms with van der Waals surface area (Å²) >= 11 is 0. The van der Waals surface area contributed by atoms with Gasteiger partial charge in [0.05, 0.1) is 19.1 Å². The van der Waals surface area contributed by atoms with Gasteiger partial charge in [-0.15, -0.1) is 0 Å². The lowest BCUT2D eigenvalue weighted by molar-refractivity contribution is -0.126. The fourth-order valence-corrected chi connectivity index (χ4v) is 4.60. The Labute approximate surface area is 186 Å². The van der Waals surface area contributed by atoms with Crippen molar-refractivity contribution in [1.29, 1.82) is 0 Å². The molecule has 31 heavy (non-hydrogen) atoms. The summed E-state index contributed by atoms with van der Waals surface area (Å²) in [6.07, 6.45) is 2.06. The number of piperidine rings is 1. The molecule has 2 fully saturated rings. The Morgan fingerprint density at radius 1 is 0.968 bits per heavy atom. The van der Waals surface area contributed by atoms with E-state index in [-0.39, 0.29) is 11.8 Å². The molecule has 4 rings (SSSR count). The Hall–Kier alpha value is -2.21. The minimum Gasteiger partial charge on any atom is -0.379 e. The summed E-state index contributed by atoms with van der Waals surface area (Å²) < 4.78 is 5.42. The van der Waals surface area contributed by atoms with Crippen LogP contribution in [-0.2, 0) is 29.2 Å². The van der Waals surface area contributed by atoms with Crippen molar-refractivity contribution in [3.63, 3.8) is 0 Å². The minimum absolute atomic E-state index is 0.0825. The molecule has 2 saturated heterocycles. The largest absolute Gasteiger partial charge is 0.379 e. The Morgan fingerprint density at radius 3 is 2.48 bits per heavy atom. The van der Waals surface area contributed by atoms with Crippen molar-refractivity contribution in [2.45, 2.75) is 39.4 Å². The fourth-order valence-electron chi connectivity index (χ4n) is 4.60. The normalized spacial score (nSPS) is 20.5. The second kappa shape index (κ2) is 10.9. The molecular weight excluding hydrogens is 386 g/mol. The predicted molar refractivity (Wildman–Crippen MR) is 124 cm³/mol. The van der Waals surface area contributed by atoms with Gasteiger partial charge in [-0.25, -0.2) is 0 Å². The minimum atomic E-state index is 0.0825. The van der Waals surface area contributed by atoms with Crippen LogP contribution < -0.4 is 5.32 Å². The van der Waals surface area contributed by atoms with Gasteiger partial charge in [0.25, 0.3) is 0 Å². The Kier molecular flexibility index (Phi) is 7.73. The predicted octanol–water partition coefficient (Wildman–Crippen LogP) is 3.36. The van der Waals surface area contributed by atoms with E-state index < -0.39 is 0 Å². The monoisotopic (exact) mass is 421 g/mol. The lowest BCUT2D eigenvalue weighted by Crippen LogP contribution is -2.42. The first kappa shape index (κ1) is 22.0. The van der Waals surface area contributed by atoms with E-state index in [1.54, 1.807) is 0 Å². The van der Waals surface area contributed by atoms with Crippen LogP contribution in [0.3, 0.4) is 0 Å². The zero-order valence-corrected chi connectivity index (χ0v) is 18.7. The molecule has 1 atom stereocenters. The molecule has 2 aromatic rings. The van der Waals surface area contributed by atoms with E-state index >= 15 is 0 Å². The number of benzene rings is 2. The van der Waals surface area contributed by atoms with Gasteiger partial charge in [-0.1, -0.05) is 54.1 Å². The standard InChI is InChI=1S/C26H35N3O2/c1-21-4-2-5-24(16-21)19-29-11-3-6-25(20-29)26(30)27-17-22-7-9-23(10-8-22)18-28-12-14-31-15-13-28/h2,4-5,7-10,16,25H,3,6,11-15,17-20H2,1H3,(H,27,30). The first-order valence-electron chi connectivity index (χ1n) is 11.6. The van der Waals surface area contributed by atoms with Crippen molar-refractivity contribution in [1.82, 2.24) is 15.1 Å². The molecule has 0 radical (unpaired) electrons. The number of carbonyl (C=O) groups excluding carboxylic acids is 1. The van der Waals surface area contributed by atoms with Gasteiger partial charge >= 0.3 is 0 Å². The highest BCUT2D eigenvalue weighted by Gasteiger charge is 2.25. The van der Waals surface area contributed by atoms with Gasteiger partial charge in [0.1, 0.15) is 0 Å². The average Bonchev–Trinajstić information content (AvgIpc) is 2.79. The lowest BCUT2D eigenvalue weighted by atomic mass is 9.96. The second-order valence-electron chi connectivity index (χ2n) is 8.99. The number of ether oxygens (including phenoxy) is 1. The molecule has 2 aromatic carbocycles. The number of hydrogen-bond donors (Lipinski definition) is 1. The van der Waals surface area contributed by atoms with Gasteiger partial charge in [0.15, 0.2) is 0 Å². The summed E-state index contributed by atoms with van der Waals surface area (Å²) in [6.45, 7) is 10.2. The third kappa shape index (κ3) is 6.63. The highest BCUT2D eigenvalue weighted by molar-refractivity contribution is 5.79. The van der Waals surface area contributed by atoms with Gasteiger partial charge < -0.3 is 10.1 Å². The van der Waals surface area contributed by atoms with E-state index in [1.165, 1.54) is 16.7 Å². The van der Waals surface area contributed by atoms with Crippen molar-refractivity contribution in [3.8, 4) is 0 Å². The average molecular weight is 422 g/mol. The molecule has 0 spiro atoms. The number of hydrogen-bond acceptors (Lipinski definition) is 4. The molecule has 0 aromatic heterocycles. The van der Waals surface area contributed by atoms with Gasteiger partial charge in [-0.05, 0) is 43.0 Å². The van der Waals surface area contributed by atoms with Gasteiger partial charge in [0.2, 0.25) is 5.91 Å². The molecule has 2 aliphatic rings. The molecule has 0 bridgehead atoms. The molecule has 1 N–H and O–H groups in total. The summed E-state index contributed by atoms with van der Waals surface area (Å²) in [5.74, 6) is 0.269. The molecular formula is C26H35N3O2. The molecule has 1 unspecified atom stereocenters. The number of aryl methyl sites for hydroxylation is 1. The number of rotatable bonds is 7. The zero-order chi connectivity index (χ0) is 21.5. The van der Waals surface area contributed by atoms with E-state index in [4.69, 9.17) is 4.74 Å². The van der Waals surface area contributed by atoms with Crippen molar-refractivity contribution in [3.05, 3.63) is 70.8 Å². The lowest BCUT2D eigenvalue weighted by Gasteiger charge is -2.32.